The average molecular weight is 376 g/mol. The zero-order valence-electron chi connectivity index (χ0n) is 15.5. The third-order valence-electron chi connectivity index (χ3n) is 3.88. The highest BCUT2D eigenvalue weighted by Crippen LogP contribution is 2.20. The molecular formula is C21H20N4O3. The second kappa shape index (κ2) is 9.18. The summed E-state index contributed by atoms with van der Waals surface area (Å²) in [5.74, 6) is 1.48. The van der Waals surface area contributed by atoms with Gasteiger partial charge in [0.15, 0.2) is 0 Å². The van der Waals surface area contributed by atoms with Crippen LogP contribution in [0.2, 0.25) is 0 Å². The van der Waals surface area contributed by atoms with E-state index >= 15 is 0 Å². The Labute approximate surface area is 162 Å². The molecule has 0 aliphatic carbocycles. The molecule has 7 nitrogen and oxygen atoms in total. The number of benzene rings is 2. The highest BCUT2D eigenvalue weighted by molar-refractivity contribution is 5.57. The molecule has 0 bridgehead atoms. The van der Waals surface area contributed by atoms with E-state index in [2.05, 4.69) is 21.1 Å². The van der Waals surface area contributed by atoms with Crippen molar-refractivity contribution in [2.45, 2.75) is 0 Å². The van der Waals surface area contributed by atoms with Gasteiger partial charge in [0.1, 0.15) is 22.9 Å². The van der Waals surface area contributed by atoms with E-state index in [0.29, 0.717) is 11.4 Å². The van der Waals surface area contributed by atoms with Crippen LogP contribution in [0, 0.1) is 0 Å². The van der Waals surface area contributed by atoms with Crippen LogP contribution in [0.25, 0.3) is 0 Å². The van der Waals surface area contributed by atoms with Crippen LogP contribution in [0.15, 0.2) is 87.8 Å². The molecule has 2 N–H and O–H groups in total. The summed E-state index contributed by atoms with van der Waals surface area (Å²) in [6, 6.07) is 21.2. The maximum atomic E-state index is 12.7. The zero-order chi connectivity index (χ0) is 19.8. The number of hydrogen-bond acceptors (Lipinski definition) is 7. The molecule has 3 aromatic rings. The molecule has 28 heavy (non-hydrogen) atoms. The van der Waals surface area contributed by atoms with Crippen molar-refractivity contribution in [2.75, 3.05) is 25.1 Å². The number of nitrogens with zero attached hydrogens (tertiary/aromatic N) is 2. The van der Waals surface area contributed by atoms with Crippen molar-refractivity contribution < 1.29 is 9.47 Å². The second-order valence-electron chi connectivity index (χ2n) is 5.72. The Balaban J connectivity index is 1.76. The first-order valence-corrected chi connectivity index (χ1v) is 8.55. The van der Waals surface area contributed by atoms with Crippen molar-refractivity contribution in [3.63, 3.8) is 0 Å². The lowest BCUT2D eigenvalue weighted by Gasteiger charge is -2.08. The molecule has 0 fully saturated rings. The minimum absolute atomic E-state index is 0.222. The maximum Gasteiger partial charge on any atom is 0.230 e. The highest BCUT2D eigenvalue weighted by Gasteiger charge is 2.03. The van der Waals surface area contributed by atoms with E-state index in [0.717, 1.165) is 17.2 Å². The molecule has 0 saturated carbocycles. The fraction of sp³-hybridized carbons (Fsp3) is 0.0952. The molecule has 0 radical (unpaired) electrons. The Bertz CT molecular complexity index is 1000. The van der Waals surface area contributed by atoms with Crippen molar-refractivity contribution in [2.24, 2.45) is 10.2 Å². The lowest BCUT2D eigenvalue weighted by molar-refractivity contribution is 0.415. The van der Waals surface area contributed by atoms with Crippen molar-refractivity contribution in [3.05, 3.63) is 83.0 Å². The van der Waals surface area contributed by atoms with E-state index in [9.17, 15) is 4.79 Å². The van der Waals surface area contributed by atoms with Gasteiger partial charge in [0.05, 0.1) is 25.6 Å². The van der Waals surface area contributed by atoms with E-state index in [1.807, 2.05) is 24.3 Å². The number of nitrogens with one attached hydrogen (secondary N) is 2. The first-order chi connectivity index (χ1) is 13.7. The van der Waals surface area contributed by atoms with Crippen molar-refractivity contribution in [3.8, 4) is 11.5 Å². The van der Waals surface area contributed by atoms with Crippen LogP contribution in [0.1, 0.15) is 0 Å². The molecule has 0 atom stereocenters. The molecule has 0 aliphatic heterocycles. The Kier molecular flexibility index (Phi) is 6.20. The van der Waals surface area contributed by atoms with E-state index in [-0.39, 0.29) is 11.1 Å². The summed E-state index contributed by atoms with van der Waals surface area (Å²) in [4.78, 5) is 12.7. The maximum absolute atomic E-state index is 12.7. The van der Waals surface area contributed by atoms with E-state index in [4.69, 9.17) is 9.47 Å². The highest BCUT2D eigenvalue weighted by atomic mass is 16.5. The van der Waals surface area contributed by atoms with Gasteiger partial charge in [0, 0.05) is 0 Å². The van der Waals surface area contributed by atoms with Crippen LogP contribution >= 0.6 is 0 Å². The van der Waals surface area contributed by atoms with Crippen molar-refractivity contribution in [1.82, 2.24) is 0 Å². The third kappa shape index (κ3) is 4.85. The SMILES string of the molecule is COc1ccc(N=Nc2ccccc(NNc3ccc(OC)cc3)c2=O)cc1. The van der Waals surface area contributed by atoms with Gasteiger partial charge >= 0.3 is 0 Å². The summed E-state index contributed by atoms with van der Waals surface area (Å²) in [5, 5.41) is 8.22. The van der Waals surface area contributed by atoms with Gasteiger partial charge in [0.25, 0.3) is 0 Å². The summed E-state index contributed by atoms with van der Waals surface area (Å²) in [5.41, 5.74) is 7.61. The largest absolute Gasteiger partial charge is 0.497 e. The molecular weight excluding hydrogens is 356 g/mol. The van der Waals surface area contributed by atoms with Crippen LogP contribution in [-0.4, -0.2) is 14.2 Å². The Morgan fingerprint density at radius 2 is 1.32 bits per heavy atom. The standard InChI is InChI=1S/C21H20N4O3/c1-27-17-11-7-15(8-12-17)22-24-19-5-3-4-6-20(21(19)26)25-23-16-9-13-18(28-2)14-10-16/h3-14,22H,1-2H3,(H,24,26). The van der Waals surface area contributed by atoms with Gasteiger partial charge in [-0.3, -0.25) is 10.2 Å². The summed E-state index contributed by atoms with van der Waals surface area (Å²) < 4.78 is 10.2. The number of hydrazine groups is 1. The minimum Gasteiger partial charge on any atom is -0.497 e. The minimum atomic E-state index is -0.275. The molecule has 0 saturated heterocycles. The molecule has 7 heteroatoms. The van der Waals surface area contributed by atoms with Gasteiger partial charge in [-0.05, 0) is 60.7 Å². The second-order valence-corrected chi connectivity index (χ2v) is 5.72. The first kappa shape index (κ1) is 18.9. The fourth-order valence-corrected chi connectivity index (χ4v) is 2.34. The molecule has 142 valence electrons. The van der Waals surface area contributed by atoms with Crippen LogP contribution in [-0.2, 0) is 0 Å². The number of anilines is 2. The van der Waals surface area contributed by atoms with Crippen LogP contribution < -0.4 is 25.8 Å². The Hall–Kier alpha value is -3.87. The van der Waals surface area contributed by atoms with E-state index in [1.54, 1.807) is 62.8 Å². The van der Waals surface area contributed by atoms with Crippen LogP contribution in [0.3, 0.4) is 0 Å². The number of ether oxygens (including phenoxy) is 2. The summed E-state index contributed by atoms with van der Waals surface area (Å²) in [6.07, 6.45) is 0. The van der Waals surface area contributed by atoms with Crippen LogP contribution in [0.4, 0.5) is 22.7 Å². The zero-order valence-corrected chi connectivity index (χ0v) is 15.5. The van der Waals surface area contributed by atoms with Gasteiger partial charge in [-0.15, -0.1) is 5.11 Å². The molecule has 0 spiro atoms. The van der Waals surface area contributed by atoms with Crippen molar-refractivity contribution in [1.29, 1.82) is 0 Å². The quantitative estimate of drug-likeness (QED) is 0.452. The number of azo groups is 1. The van der Waals surface area contributed by atoms with Gasteiger partial charge in [-0.25, -0.2) is 0 Å². The molecule has 0 aliphatic rings. The normalized spacial score (nSPS) is 10.5. The summed E-state index contributed by atoms with van der Waals surface area (Å²) >= 11 is 0. The molecule has 0 aromatic heterocycles. The first-order valence-electron chi connectivity index (χ1n) is 8.55. The van der Waals surface area contributed by atoms with Gasteiger partial charge in [0.2, 0.25) is 5.43 Å². The Morgan fingerprint density at radius 1 is 0.714 bits per heavy atom. The number of rotatable bonds is 7. The van der Waals surface area contributed by atoms with E-state index < -0.39 is 0 Å². The molecule has 3 rings (SSSR count). The number of methoxy groups -OCH3 is 2. The number of hydrogen-bond donors (Lipinski definition) is 2. The lowest BCUT2D eigenvalue weighted by Crippen LogP contribution is -2.15. The predicted molar refractivity (Wildman–Crippen MR) is 110 cm³/mol. The topological polar surface area (TPSA) is 84.3 Å². The average Bonchev–Trinajstić information content (AvgIpc) is 2.92. The fourth-order valence-electron chi connectivity index (χ4n) is 2.34. The van der Waals surface area contributed by atoms with Crippen molar-refractivity contribution >= 4 is 22.7 Å². The van der Waals surface area contributed by atoms with Gasteiger partial charge in [-0.2, -0.15) is 5.11 Å². The molecule has 0 unspecified atom stereocenters. The molecule has 3 aromatic carbocycles. The monoisotopic (exact) mass is 376 g/mol. The van der Waals surface area contributed by atoms with Gasteiger partial charge in [-0.1, -0.05) is 12.1 Å². The third-order valence-corrected chi connectivity index (χ3v) is 3.88. The van der Waals surface area contributed by atoms with E-state index in [1.165, 1.54) is 0 Å². The lowest BCUT2D eigenvalue weighted by atomic mass is 10.3. The smallest absolute Gasteiger partial charge is 0.230 e. The molecule has 0 heterocycles. The van der Waals surface area contributed by atoms with Gasteiger partial charge < -0.3 is 14.9 Å². The molecule has 0 amide bonds. The van der Waals surface area contributed by atoms with Crippen LogP contribution in [0.5, 0.6) is 11.5 Å². The Morgan fingerprint density at radius 3 is 1.96 bits per heavy atom. The predicted octanol–water partition coefficient (Wildman–Crippen LogP) is 4.92. The summed E-state index contributed by atoms with van der Waals surface area (Å²) in [7, 11) is 3.20. The summed E-state index contributed by atoms with van der Waals surface area (Å²) in [6.45, 7) is 0.